The fourth-order valence-corrected chi connectivity index (χ4v) is 2.24. The molecule has 0 aliphatic carbocycles. The monoisotopic (exact) mass is 278 g/mol. The molecule has 0 spiro atoms. The zero-order valence-electron chi connectivity index (χ0n) is 11.4. The molecule has 1 aromatic carbocycles. The van der Waals surface area contributed by atoms with E-state index in [4.69, 9.17) is 6.42 Å². The van der Waals surface area contributed by atoms with Gasteiger partial charge in [0.2, 0.25) is 0 Å². The molecule has 104 valence electrons. The first kappa shape index (κ1) is 13.1. The minimum absolute atomic E-state index is 0.204. The number of hydrogen-bond acceptors (Lipinski definition) is 4. The fraction of sp³-hybridized carbons (Fsp3) is 0.188. The van der Waals surface area contributed by atoms with Crippen molar-refractivity contribution in [3.8, 4) is 12.3 Å². The second kappa shape index (κ2) is 5.63. The number of pyridine rings is 1. The first-order chi connectivity index (χ1) is 10.3. The van der Waals surface area contributed by atoms with E-state index in [0.717, 1.165) is 16.6 Å². The molecule has 1 aliphatic rings. The Morgan fingerprint density at radius 1 is 1.43 bits per heavy atom. The Morgan fingerprint density at radius 3 is 3.14 bits per heavy atom. The lowest BCUT2D eigenvalue weighted by molar-refractivity contribution is -0.114. The second-order valence-corrected chi connectivity index (χ2v) is 4.69. The Hall–Kier alpha value is -2.87. The lowest BCUT2D eigenvalue weighted by atomic mass is 10.2. The molecule has 1 aromatic heterocycles. The van der Waals surface area contributed by atoms with Gasteiger partial charge in [-0.25, -0.2) is 0 Å². The van der Waals surface area contributed by atoms with Crippen molar-refractivity contribution < 1.29 is 4.79 Å². The molecule has 0 bridgehead atoms. The molecular formula is C16H14N4O. The molecule has 21 heavy (non-hydrogen) atoms. The number of nitrogens with zero attached hydrogens (tertiary/aromatic N) is 3. The molecule has 0 saturated heterocycles. The Bertz CT molecular complexity index is 760. The molecule has 0 atom stereocenters. The van der Waals surface area contributed by atoms with Crippen LogP contribution in [0.1, 0.15) is 6.42 Å². The zero-order chi connectivity index (χ0) is 14.7. The van der Waals surface area contributed by atoms with Crippen molar-refractivity contribution in [3.05, 3.63) is 36.5 Å². The summed E-state index contributed by atoms with van der Waals surface area (Å²) in [6, 6.07) is 9.92. The first-order valence-corrected chi connectivity index (χ1v) is 6.69. The summed E-state index contributed by atoms with van der Waals surface area (Å²) < 4.78 is 0. The summed E-state index contributed by atoms with van der Waals surface area (Å²) in [5.74, 6) is 2.17. The summed E-state index contributed by atoms with van der Waals surface area (Å²) in [6.45, 7) is 0.883. The Labute approximate surface area is 122 Å². The molecule has 0 unspecified atom stereocenters. The minimum Gasteiger partial charge on any atom is -0.340 e. The summed E-state index contributed by atoms with van der Waals surface area (Å²) in [4.78, 5) is 16.2. The average molecular weight is 278 g/mol. The number of carbonyl (C=O) groups excluding carboxylic acids is 1. The highest BCUT2D eigenvalue weighted by Crippen LogP contribution is 2.22. The standard InChI is InChI=1S/C16H14N4O/c1-2-8-17-16(21)15-7-9-20(19-15)13-10-12-5-3-4-6-14(12)18-11-13/h1,3-6,10-11H,7-9H2,(H,17,21). The number of nitrogens with one attached hydrogen (secondary N) is 1. The van der Waals surface area contributed by atoms with Crippen LogP contribution in [0.4, 0.5) is 5.69 Å². The number of fused-ring (bicyclic) bond motifs is 1. The van der Waals surface area contributed by atoms with Crippen LogP contribution in [0.25, 0.3) is 10.9 Å². The van der Waals surface area contributed by atoms with Crippen LogP contribution < -0.4 is 10.3 Å². The van der Waals surface area contributed by atoms with Crippen LogP contribution in [0.3, 0.4) is 0 Å². The molecule has 1 N–H and O–H groups in total. The summed E-state index contributed by atoms with van der Waals surface area (Å²) in [5, 5.41) is 9.82. The third kappa shape index (κ3) is 2.70. The van der Waals surface area contributed by atoms with Gasteiger partial charge in [0.1, 0.15) is 5.71 Å². The predicted octanol–water partition coefficient (Wildman–Crippen LogP) is 1.55. The first-order valence-electron chi connectivity index (χ1n) is 6.69. The van der Waals surface area contributed by atoms with E-state index in [2.05, 4.69) is 21.3 Å². The van der Waals surface area contributed by atoms with Gasteiger partial charge in [0, 0.05) is 18.4 Å². The molecule has 3 rings (SSSR count). The number of benzene rings is 1. The van der Waals surface area contributed by atoms with Gasteiger partial charge in [0.25, 0.3) is 5.91 Å². The van der Waals surface area contributed by atoms with E-state index in [1.165, 1.54) is 0 Å². The number of aromatic nitrogens is 1. The summed E-state index contributed by atoms with van der Waals surface area (Å²) in [6.07, 6.45) is 7.50. The maximum Gasteiger partial charge on any atom is 0.268 e. The topological polar surface area (TPSA) is 57.6 Å². The van der Waals surface area contributed by atoms with Crippen LogP contribution in [0.5, 0.6) is 0 Å². The summed E-state index contributed by atoms with van der Waals surface area (Å²) in [7, 11) is 0. The third-order valence-corrected chi connectivity index (χ3v) is 3.29. The Balaban J connectivity index is 1.82. The van der Waals surface area contributed by atoms with Gasteiger partial charge in [-0.2, -0.15) is 5.10 Å². The quantitative estimate of drug-likeness (QED) is 0.867. The average Bonchev–Trinajstić information content (AvgIpc) is 3.02. The lowest BCUT2D eigenvalue weighted by Crippen LogP contribution is -2.30. The van der Waals surface area contributed by atoms with E-state index in [9.17, 15) is 4.79 Å². The molecule has 5 heteroatoms. The predicted molar refractivity (Wildman–Crippen MR) is 83.0 cm³/mol. The van der Waals surface area contributed by atoms with E-state index in [0.29, 0.717) is 18.7 Å². The molecule has 0 fully saturated rings. The number of rotatable bonds is 3. The van der Waals surface area contributed by atoms with Crippen molar-refractivity contribution in [1.29, 1.82) is 0 Å². The molecular weight excluding hydrogens is 264 g/mol. The Kier molecular flexibility index (Phi) is 3.52. The van der Waals surface area contributed by atoms with Crippen LogP contribution in [-0.4, -0.2) is 29.7 Å². The molecule has 1 amide bonds. The Morgan fingerprint density at radius 2 is 2.29 bits per heavy atom. The lowest BCUT2D eigenvalue weighted by Gasteiger charge is -2.13. The zero-order valence-corrected chi connectivity index (χ0v) is 11.4. The van der Waals surface area contributed by atoms with E-state index >= 15 is 0 Å². The fourth-order valence-electron chi connectivity index (χ4n) is 2.24. The third-order valence-electron chi connectivity index (χ3n) is 3.29. The number of para-hydroxylation sites is 1. The smallest absolute Gasteiger partial charge is 0.268 e. The van der Waals surface area contributed by atoms with Crippen molar-refractivity contribution >= 4 is 28.2 Å². The van der Waals surface area contributed by atoms with Crippen molar-refractivity contribution in [2.45, 2.75) is 6.42 Å². The van der Waals surface area contributed by atoms with Gasteiger partial charge in [-0.15, -0.1) is 6.42 Å². The van der Waals surface area contributed by atoms with Gasteiger partial charge >= 0.3 is 0 Å². The van der Waals surface area contributed by atoms with Crippen molar-refractivity contribution in [3.63, 3.8) is 0 Å². The van der Waals surface area contributed by atoms with Crippen LogP contribution in [0.2, 0.25) is 0 Å². The molecule has 0 radical (unpaired) electrons. The largest absolute Gasteiger partial charge is 0.340 e. The summed E-state index contributed by atoms with van der Waals surface area (Å²) in [5.41, 5.74) is 2.32. The van der Waals surface area contributed by atoms with E-state index in [1.54, 1.807) is 11.2 Å². The van der Waals surface area contributed by atoms with Gasteiger partial charge in [0.15, 0.2) is 0 Å². The highest BCUT2D eigenvalue weighted by atomic mass is 16.2. The van der Waals surface area contributed by atoms with Crippen molar-refractivity contribution in [2.24, 2.45) is 5.10 Å². The number of hydrogen-bond donors (Lipinski definition) is 1. The van der Waals surface area contributed by atoms with Gasteiger partial charge in [0.05, 0.1) is 23.9 Å². The SMILES string of the molecule is C#CCNC(=O)C1=NN(c2cnc3ccccc3c2)CC1. The normalized spacial score (nSPS) is 13.9. The molecule has 1 aliphatic heterocycles. The minimum atomic E-state index is -0.204. The molecule has 2 heterocycles. The molecule has 0 saturated carbocycles. The molecule has 5 nitrogen and oxygen atoms in total. The number of carbonyl (C=O) groups is 1. The van der Waals surface area contributed by atoms with Crippen LogP contribution >= 0.6 is 0 Å². The number of terminal acetylenes is 1. The van der Waals surface area contributed by atoms with Crippen LogP contribution in [0.15, 0.2) is 41.6 Å². The van der Waals surface area contributed by atoms with Gasteiger partial charge in [-0.3, -0.25) is 14.8 Å². The van der Waals surface area contributed by atoms with Gasteiger partial charge in [-0.05, 0) is 12.1 Å². The number of anilines is 1. The number of hydrazone groups is 1. The van der Waals surface area contributed by atoms with Crippen LogP contribution in [-0.2, 0) is 4.79 Å². The van der Waals surface area contributed by atoms with Crippen molar-refractivity contribution in [2.75, 3.05) is 18.1 Å². The van der Waals surface area contributed by atoms with Crippen molar-refractivity contribution in [1.82, 2.24) is 10.3 Å². The number of amides is 1. The van der Waals surface area contributed by atoms with Gasteiger partial charge in [-0.1, -0.05) is 24.1 Å². The maximum absolute atomic E-state index is 11.8. The van der Waals surface area contributed by atoms with E-state index in [1.807, 2.05) is 30.3 Å². The highest BCUT2D eigenvalue weighted by Gasteiger charge is 2.21. The van der Waals surface area contributed by atoms with E-state index < -0.39 is 0 Å². The summed E-state index contributed by atoms with van der Waals surface area (Å²) >= 11 is 0. The highest BCUT2D eigenvalue weighted by molar-refractivity contribution is 6.39. The van der Waals surface area contributed by atoms with Gasteiger partial charge < -0.3 is 5.32 Å². The maximum atomic E-state index is 11.8. The van der Waals surface area contributed by atoms with E-state index in [-0.39, 0.29) is 12.5 Å². The van der Waals surface area contributed by atoms with Crippen LogP contribution in [0, 0.1) is 12.3 Å². The second-order valence-electron chi connectivity index (χ2n) is 4.69. The molecule has 2 aromatic rings.